The smallest absolute Gasteiger partial charge is 0.315 e. The lowest BCUT2D eigenvalue weighted by molar-refractivity contribution is 0.171. The second-order valence-electron chi connectivity index (χ2n) is 8.40. The van der Waals surface area contributed by atoms with Gasteiger partial charge in [-0.2, -0.15) is 0 Å². The lowest BCUT2D eigenvalue weighted by Crippen LogP contribution is -2.43. The van der Waals surface area contributed by atoms with Gasteiger partial charge in [-0.3, -0.25) is 4.40 Å². The van der Waals surface area contributed by atoms with Crippen molar-refractivity contribution in [2.45, 2.75) is 45.1 Å². The van der Waals surface area contributed by atoms with Crippen LogP contribution in [0.15, 0.2) is 42.6 Å². The molecular formula is C23H29N5O3. The lowest BCUT2D eigenvalue weighted by atomic mass is 9.84. The zero-order valence-corrected chi connectivity index (χ0v) is 18.2. The zero-order chi connectivity index (χ0) is 21.8. The van der Waals surface area contributed by atoms with Gasteiger partial charge in [0.15, 0.2) is 23.0 Å². The number of hydrogen-bond donors (Lipinski definition) is 2. The first kappa shape index (κ1) is 21.0. The summed E-state index contributed by atoms with van der Waals surface area (Å²) in [5.74, 6) is 2.25. The van der Waals surface area contributed by atoms with Crippen molar-refractivity contribution in [3.05, 3.63) is 54.0 Å². The molecule has 0 saturated carbocycles. The lowest BCUT2D eigenvalue weighted by Gasteiger charge is -2.28. The molecule has 1 unspecified atom stereocenters. The molecule has 2 aromatic heterocycles. The van der Waals surface area contributed by atoms with Crippen molar-refractivity contribution in [1.82, 2.24) is 25.2 Å². The standard InChI is InChI=1S/C23H29N5O3/c1-4-7-17(21-27-26-20-8-5-6-11-28(20)21)25-22(29)24-15-23(2,3)16-9-10-18-19(14-16)31-13-12-30-18/h5-6,8-11,14,17H,4,7,12-13,15H2,1-3H3,(H2,24,25,29). The molecule has 8 nitrogen and oxygen atoms in total. The first-order valence-electron chi connectivity index (χ1n) is 10.7. The minimum atomic E-state index is -0.283. The van der Waals surface area contributed by atoms with Gasteiger partial charge in [-0.05, 0) is 36.2 Å². The van der Waals surface area contributed by atoms with Crippen LogP contribution in [-0.4, -0.2) is 40.4 Å². The van der Waals surface area contributed by atoms with Gasteiger partial charge in [-0.15, -0.1) is 10.2 Å². The Morgan fingerprint density at radius 3 is 2.77 bits per heavy atom. The van der Waals surface area contributed by atoms with Crippen molar-refractivity contribution < 1.29 is 14.3 Å². The molecule has 2 N–H and O–H groups in total. The van der Waals surface area contributed by atoms with E-state index in [9.17, 15) is 4.79 Å². The van der Waals surface area contributed by atoms with Crippen LogP contribution in [0.2, 0.25) is 0 Å². The number of nitrogens with one attached hydrogen (secondary N) is 2. The van der Waals surface area contributed by atoms with Gasteiger partial charge in [0.05, 0.1) is 6.04 Å². The van der Waals surface area contributed by atoms with Crippen LogP contribution in [0, 0.1) is 0 Å². The summed E-state index contributed by atoms with van der Waals surface area (Å²) >= 11 is 0. The van der Waals surface area contributed by atoms with Gasteiger partial charge in [-0.25, -0.2) is 4.79 Å². The van der Waals surface area contributed by atoms with Crippen LogP contribution in [-0.2, 0) is 5.41 Å². The first-order chi connectivity index (χ1) is 15.0. The molecular weight excluding hydrogens is 394 g/mol. The number of fused-ring (bicyclic) bond motifs is 2. The normalized spacial score (nSPS) is 14.3. The minimum Gasteiger partial charge on any atom is -0.486 e. The Kier molecular flexibility index (Phi) is 5.97. The Morgan fingerprint density at radius 1 is 1.16 bits per heavy atom. The Bertz CT molecular complexity index is 1060. The topological polar surface area (TPSA) is 89.8 Å². The molecule has 8 heteroatoms. The van der Waals surface area contributed by atoms with Gasteiger partial charge in [-0.1, -0.05) is 39.3 Å². The molecule has 0 bridgehead atoms. The highest BCUT2D eigenvalue weighted by molar-refractivity contribution is 5.74. The molecule has 2 amide bonds. The average molecular weight is 424 g/mol. The Labute approximate surface area is 182 Å². The van der Waals surface area contributed by atoms with E-state index < -0.39 is 0 Å². The summed E-state index contributed by atoms with van der Waals surface area (Å²) in [6, 6.07) is 11.2. The van der Waals surface area contributed by atoms with E-state index in [-0.39, 0.29) is 17.5 Å². The number of rotatable bonds is 7. The number of nitrogens with zero attached hydrogens (tertiary/aromatic N) is 3. The molecule has 1 aliphatic heterocycles. The SMILES string of the molecule is CCCC(NC(=O)NCC(C)(C)c1ccc2c(c1)OCCO2)c1nnc2ccccn12. The molecule has 0 fully saturated rings. The van der Waals surface area contributed by atoms with Crippen LogP contribution in [0.25, 0.3) is 5.65 Å². The Hall–Kier alpha value is -3.29. The number of carbonyl (C=O) groups is 1. The maximum Gasteiger partial charge on any atom is 0.315 e. The van der Waals surface area contributed by atoms with Gasteiger partial charge in [0, 0.05) is 18.2 Å². The second-order valence-corrected chi connectivity index (χ2v) is 8.40. The van der Waals surface area contributed by atoms with E-state index in [1.165, 1.54) is 0 Å². The maximum atomic E-state index is 12.7. The van der Waals surface area contributed by atoms with Gasteiger partial charge in [0.25, 0.3) is 0 Å². The highest BCUT2D eigenvalue weighted by Crippen LogP contribution is 2.34. The third kappa shape index (κ3) is 4.57. The minimum absolute atomic E-state index is 0.222. The second kappa shape index (κ2) is 8.83. The number of ether oxygens (including phenoxy) is 2. The number of benzene rings is 1. The van der Waals surface area contributed by atoms with Crippen LogP contribution in [0.3, 0.4) is 0 Å². The monoisotopic (exact) mass is 423 g/mol. The van der Waals surface area contributed by atoms with Crippen LogP contribution >= 0.6 is 0 Å². The summed E-state index contributed by atoms with van der Waals surface area (Å²) in [7, 11) is 0. The molecule has 1 atom stereocenters. The molecule has 31 heavy (non-hydrogen) atoms. The summed E-state index contributed by atoms with van der Waals surface area (Å²) in [6.45, 7) is 7.85. The quantitative estimate of drug-likeness (QED) is 0.606. The highest BCUT2D eigenvalue weighted by Gasteiger charge is 2.25. The zero-order valence-electron chi connectivity index (χ0n) is 18.2. The van der Waals surface area contributed by atoms with Crippen LogP contribution < -0.4 is 20.1 Å². The van der Waals surface area contributed by atoms with Crippen LogP contribution in [0.5, 0.6) is 11.5 Å². The van der Waals surface area contributed by atoms with E-state index in [1.54, 1.807) is 0 Å². The number of urea groups is 1. The summed E-state index contributed by atoms with van der Waals surface area (Å²) in [4.78, 5) is 12.7. The number of carbonyl (C=O) groups excluding carboxylic acids is 1. The third-order valence-electron chi connectivity index (χ3n) is 5.55. The van der Waals surface area contributed by atoms with E-state index in [0.717, 1.165) is 41.4 Å². The van der Waals surface area contributed by atoms with Gasteiger partial charge >= 0.3 is 6.03 Å². The molecule has 1 aliphatic rings. The van der Waals surface area contributed by atoms with Gasteiger partial charge < -0.3 is 20.1 Å². The number of hydrogen-bond acceptors (Lipinski definition) is 5. The number of amides is 2. The van der Waals surface area contributed by atoms with E-state index >= 15 is 0 Å². The first-order valence-corrected chi connectivity index (χ1v) is 10.7. The molecule has 0 saturated heterocycles. The van der Waals surface area contributed by atoms with Crippen molar-refractivity contribution in [2.75, 3.05) is 19.8 Å². The van der Waals surface area contributed by atoms with Crippen molar-refractivity contribution in [2.24, 2.45) is 0 Å². The molecule has 3 aromatic rings. The molecule has 3 heterocycles. The summed E-state index contributed by atoms with van der Waals surface area (Å²) in [5, 5.41) is 14.6. The van der Waals surface area contributed by atoms with E-state index in [1.807, 2.05) is 47.0 Å². The number of pyridine rings is 1. The largest absolute Gasteiger partial charge is 0.486 e. The maximum absolute atomic E-state index is 12.7. The van der Waals surface area contributed by atoms with Crippen molar-refractivity contribution in [3.8, 4) is 11.5 Å². The van der Waals surface area contributed by atoms with Gasteiger partial charge in [0.1, 0.15) is 13.2 Å². The van der Waals surface area contributed by atoms with Crippen molar-refractivity contribution >= 4 is 11.7 Å². The molecule has 0 spiro atoms. The predicted octanol–water partition coefficient (Wildman–Crippen LogP) is 3.62. The Balaban J connectivity index is 1.42. The fourth-order valence-corrected chi connectivity index (χ4v) is 3.73. The van der Waals surface area contributed by atoms with Crippen molar-refractivity contribution in [3.63, 3.8) is 0 Å². The van der Waals surface area contributed by atoms with Gasteiger partial charge in [0.2, 0.25) is 0 Å². The summed E-state index contributed by atoms with van der Waals surface area (Å²) in [6.07, 6.45) is 3.60. The number of aromatic nitrogens is 3. The predicted molar refractivity (Wildman–Crippen MR) is 118 cm³/mol. The summed E-state index contributed by atoms with van der Waals surface area (Å²) in [5.41, 5.74) is 1.56. The van der Waals surface area contributed by atoms with Crippen LogP contribution in [0.1, 0.15) is 51.0 Å². The molecule has 1 aromatic carbocycles. The van der Waals surface area contributed by atoms with Crippen molar-refractivity contribution in [1.29, 1.82) is 0 Å². The van der Waals surface area contributed by atoms with E-state index in [0.29, 0.717) is 19.8 Å². The fourth-order valence-electron chi connectivity index (χ4n) is 3.73. The molecule has 0 radical (unpaired) electrons. The highest BCUT2D eigenvalue weighted by atomic mass is 16.6. The average Bonchev–Trinajstić information content (AvgIpc) is 3.21. The molecule has 4 rings (SSSR count). The molecule has 0 aliphatic carbocycles. The van der Waals surface area contributed by atoms with Crippen LogP contribution in [0.4, 0.5) is 4.79 Å². The van der Waals surface area contributed by atoms with E-state index in [2.05, 4.69) is 41.6 Å². The molecule has 164 valence electrons. The Morgan fingerprint density at radius 2 is 1.97 bits per heavy atom. The van der Waals surface area contributed by atoms with E-state index in [4.69, 9.17) is 9.47 Å². The third-order valence-corrected chi connectivity index (χ3v) is 5.55. The summed E-state index contributed by atoms with van der Waals surface area (Å²) < 4.78 is 13.2. The fraction of sp³-hybridized carbons (Fsp3) is 0.435.